The summed E-state index contributed by atoms with van der Waals surface area (Å²) in [6.45, 7) is 3.50. The number of phenols is 5. The summed E-state index contributed by atoms with van der Waals surface area (Å²) in [6, 6.07) is 24.9. The minimum Gasteiger partial charge on any atom is -0.507 e. The number of fused-ring (bicyclic) bond motifs is 4. The fraction of sp³-hybridized carbons (Fsp3) is 0.0702. The monoisotopic (exact) mass is 1330 g/mol. The van der Waals surface area contributed by atoms with E-state index >= 15 is 0 Å². The number of ether oxygens (including phenoxy) is 2. The minimum atomic E-state index is -5.19. The number of aromatic hydroxyl groups is 5. The molecular weight excluding hydrogens is 1290 g/mol. The van der Waals surface area contributed by atoms with Crippen molar-refractivity contribution in [1.29, 1.82) is 0 Å². The second kappa shape index (κ2) is 24.7. The van der Waals surface area contributed by atoms with Crippen LogP contribution >= 0.6 is 0 Å². The number of rotatable bonds is 19. The van der Waals surface area contributed by atoms with Crippen LogP contribution in [0.2, 0.25) is 0 Å². The van der Waals surface area contributed by atoms with Crippen LogP contribution in [-0.2, 0) is 45.3 Å². The van der Waals surface area contributed by atoms with E-state index in [1.54, 1.807) is 6.92 Å². The molecule has 0 heterocycles. The lowest BCUT2D eigenvalue weighted by molar-refractivity contribution is -0.120. The van der Waals surface area contributed by atoms with Crippen LogP contribution in [0.1, 0.15) is 18.9 Å². The molecule has 0 aromatic heterocycles. The van der Waals surface area contributed by atoms with Crippen molar-refractivity contribution in [1.82, 2.24) is 0 Å². The van der Waals surface area contributed by atoms with Gasteiger partial charge < -0.3 is 40.7 Å². The Bertz CT molecular complexity index is 5430. The number of azo groups is 5. The first-order valence-electron chi connectivity index (χ1n) is 26.1. The molecule has 10 rings (SSSR count). The molecule has 35 heteroatoms. The van der Waals surface area contributed by atoms with Crippen molar-refractivity contribution in [2.24, 2.45) is 51.1 Å². The molecular formula is C57H43N11O20S4. The Morgan fingerprint density at radius 2 is 1.00 bits per heavy atom. The Morgan fingerprint density at radius 1 is 0.435 bits per heavy atom. The number of aryl methyl sites for hydroxylation is 1. The second-order valence-corrected chi connectivity index (χ2v) is 25.3. The molecule has 0 saturated heterocycles. The third kappa shape index (κ3) is 13.3. The molecule has 0 aliphatic rings. The maximum atomic E-state index is 13.0. The molecule has 0 unspecified atom stereocenters. The predicted molar refractivity (Wildman–Crippen MR) is 329 cm³/mol. The molecule has 470 valence electrons. The average molecular weight is 1330 g/mol. The van der Waals surface area contributed by atoms with Crippen molar-refractivity contribution in [3.05, 3.63) is 133 Å². The standard InChI is InChI=1S/C57H43N11O20S4/c1-3-14-87-49-25-43(64-66-45-23-33(89(75,76)77)17-29-18-34(90(78,79)80)24-47(71)52(29)45)27(2)15-44(49)65-68-54-51(92(84,85)86)19-28-16-30(4-6-35(28)57(54)74)60-67-53-37-9-12-41(55(72)38(37)7-10-40(53)58)63-61-32-20-39-36(50(22-32)91(81,82)83)8-11-42(56(39)73)62-59-31-5-13-48(88-26-69)46(70)21-31/h4-13,15-26,70-74H,3,14,58H2,1-2H3,(H,75,76,77)(H,78,79,80)(H,81,82,83)(H,84,85,86). The van der Waals surface area contributed by atoms with Crippen molar-refractivity contribution >= 4 is 153 Å². The summed E-state index contributed by atoms with van der Waals surface area (Å²) in [5.41, 5.74) is 5.22. The van der Waals surface area contributed by atoms with Gasteiger partial charge in [-0.1, -0.05) is 13.0 Å². The predicted octanol–water partition coefficient (Wildman–Crippen LogP) is 14.1. The highest BCUT2D eigenvalue weighted by atomic mass is 32.2. The highest BCUT2D eigenvalue weighted by Crippen LogP contribution is 2.48. The SMILES string of the molecule is CCCOc1cc(N=Nc2cc(S(=O)(=O)O)cc3cc(S(=O)(=O)O)cc(O)c23)c(C)cc1N=Nc1c(S(=O)(=O)O)cc2cc(N=Nc3c(N)ccc4c(O)c(N=Nc5cc(S(=O)(=O)O)c6ccc(N=Nc7ccc(OC=O)c(O)c7)c(O)c6c5)ccc34)ccc2c1O. The second-order valence-electron chi connectivity index (χ2n) is 19.7. The molecule has 0 aliphatic carbocycles. The van der Waals surface area contributed by atoms with Gasteiger partial charge in [0.15, 0.2) is 28.7 Å². The Kier molecular flexibility index (Phi) is 17.2. The van der Waals surface area contributed by atoms with Crippen molar-refractivity contribution in [3.63, 3.8) is 0 Å². The molecule has 0 aliphatic heterocycles. The molecule has 0 spiro atoms. The van der Waals surface area contributed by atoms with Crippen LogP contribution in [0.4, 0.5) is 62.6 Å². The Morgan fingerprint density at radius 3 is 1.65 bits per heavy atom. The molecule has 10 aromatic rings. The van der Waals surface area contributed by atoms with Crippen LogP contribution in [0.5, 0.6) is 40.2 Å². The lowest BCUT2D eigenvalue weighted by Crippen LogP contribution is -2.00. The molecule has 0 bridgehead atoms. The highest BCUT2D eigenvalue weighted by Gasteiger charge is 2.25. The summed E-state index contributed by atoms with van der Waals surface area (Å²) in [7, 11) is -20.0. The molecule has 92 heavy (non-hydrogen) atoms. The summed E-state index contributed by atoms with van der Waals surface area (Å²) < 4.78 is 150. The number of phenolic OH excluding ortho intramolecular Hbond substituents is 5. The van der Waals surface area contributed by atoms with E-state index in [1.165, 1.54) is 91.9 Å². The first-order valence-corrected chi connectivity index (χ1v) is 31.8. The lowest BCUT2D eigenvalue weighted by Gasteiger charge is -2.12. The number of nitrogens with two attached hydrogens (primary N) is 1. The van der Waals surface area contributed by atoms with E-state index in [0.717, 1.165) is 36.4 Å². The van der Waals surface area contributed by atoms with Gasteiger partial charge in [0.1, 0.15) is 49.7 Å². The molecule has 0 fully saturated rings. The van der Waals surface area contributed by atoms with E-state index in [9.17, 15) is 82.2 Å². The number of nitrogen functional groups attached to an aromatic ring is 1. The van der Waals surface area contributed by atoms with Gasteiger partial charge in [-0.25, -0.2) is 0 Å². The van der Waals surface area contributed by atoms with Crippen molar-refractivity contribution < 1.29 is 91.7 Å². The third-order valence-electron chi connectivity index (χ3n) is 13.5. The van der Waals surface area contributed by atoms with E-state index in [4.69, 9.17) is 10.5 Å². The Balaban J connectivity index is 0.937. The van der Waals surface area contributed by atoms with Crippen LogP contribution in [-0.4, -0.2) is 90.5 Å². The first kappa shape index (κ1) is 64.0. The summed E-state index contributed by atoms with van der Waals surface area (Å²) in [4.78, 5) is 7.56. The van der Waals surface area contributed by atoms with Crippen molar-refractivity contribution in [2.75, 3.05) is 12.3 Å². The van der Waals surface area contributed by atoms with E-state index < -0.39 is 94.5 Å². The van der Waals surface area contributed by atoms with Crippen LogP contribution in [0.3, 0.4) is 0 Å². The molecule has 0 atom stereocenters. The number of carbonyl (C=O) groups is 1. The zero-order valence-corrected chi connectivity index (χ0v) is 50.1. The molecule has 0 radical (unpaired) electrons. The van der Waals surface area contributed by atoms with Gasteiger partial charge in [0.05, 0.1) is 55.9 Å². The van der Waals surface area contributed by atoms with Gasteiger partial charge in [-0.2, -0.15) is 54.1 Å². The summed E-state index contributed by atoms with van der Waals surface area (Å²) in [6.07, 6.45) is 0.460. The highest BCUT2D eigenvalue weighted by molar-refractivity contribution is 7.86. The van der Waals surface area contributed by atoms with Gasteiger partial charge in [0.25, 0.3) is 46.9 Å². The Labute approximate surface area is 518 Å². The lowest BCUT2D eigenvalue weighted by atomic mass is 10.1. The van der Waals surface area contributed by atoms with Crippen LogP contribution < -0.4 is 15.2 Å². The summed E-state index contributed by atoms with van der Waals surface area (Å²) in [5, 5.41) is 95.9. The first-order chi connectivity index (χ1) is 43.4. The maximum Gasteiger partial charge on any atom is 0.298 e. The van der Waals surface area contributed by atoms with Crippen LogP contribution in [0.25, 0.3) is 43.1 Å². The smallest absolute Gasteiger partial charge is 0.298 e. The van der Waals surface area contributed by atoms with Gasteiger partial charge in [-0.3, -0.25) is 23.0 Å². The zero-order valence-electron chi connectivity index (χ0n) is 46.8. The molecule has 0 amide bonds. The third-order valence-corrected chi connectivity index (χ3v) is 16.9. The molecule has 31 nitrogen and oxygen atoms in total. The van der Waals surface area contributed by atoms with Gasteiger partial charge in [0.2, 0.25) is 0 Å². The quantitative estimate of drug-likeness (QED) is 0.0156. The van der Waals surface area contributed by atoms with E-state index in [-0.39, 0.29) is 130 Å². The number of nitrogens with zero attached hydrogens (tertiary/aromatic N) is 10. The topological polar surface area (TPSA) is 504 Å². The molecule has 0 saturated carbocycles. The zero-order chi connectivity index (χ0) is 66.4. The minimum absolute atomic E-state index is 0.00171. The number of benzene rings is 10. The maximum absolute atomic E-state index is 13.0. The summed E-state index contributed by atoms with van der Waals surface area (Å²) in [5.74, 6) is -3.18. The van der Waals surface area contributed by atoms with E-state index in [2.05, 4.69) is 55.9 Å². The Hall–Kier alpha value is -11.1. The summed E-state index contributed by atoms with van der Waals surface area (Å²) >= 11 is 0. The number of hydrogen-bond donors (Lipinski definition) is 10. The van der Waals surface area contributed by atoms with Crippen molar-refractivity contribution in [2.45, 2.75) is 39.9 Å². The van der Waals surface area contributed by atoms with Gasteiger partial charge >= 0.3 is 0 Å². The van der Waals surface area contributed by atoms with Gasteiger partial charge in [-0.05, 0) is 133 Å². The normalized spacial score (nSPS) is 12.8. The van der Waals surface area contributed by atoms with E-state index in [0.29, 0.717) is 12.5 Å². The van der Waals surface area contributed by atoms with Gasteiger partial charge in [-0.15, -0.1) is 30.7 Å². The number of anilines is 1. The fourth-order valence-corrected chi connectivity index (χ4v) is 11.7. The average Bonchev–Trinajstić information content (AvgIpc) is 0.846. The van der Waals surface area contributed by atoms with Crippen LogP contribution in [0, 0.1) is 6.92 Å². The number of carbonyl (C=O) groups excluding carboxylic acids is 1. The number of hydrogen-bond acceptors (Lipinski definition) is 27. The molecule has 11 N–H and O–H groups in total. The fourth-order valence-electron chi connectivity index (χ4n) is 9.21. The van der Waals surface area contributed by atoms with Crippen LogP contribution in [0.15, 0.2) is 198 Å². The molecule has 10 aromatic carbocycles. The van der Waals surface area contributed by atoms with Gasteiger partial charge in [0, 0.05) is 45.1 Å². The van der Waals surface area contributed by atoms with Crippen molar-refractivity contribution in [3.8, 4) is 40.2 Å². The largest absolute Gasteiger partial charge is 0.507 e. The van der Waals surface area contributed by atoms with E-state index in [1.807, 2.05) is 0 Å².